The Kier molecular flexibility index (Phi) is 6.20. The van der Waals surface area contributed by atoms with Gasteiger partial charge in [0.1, 0.15) is 0 Å². The first-order valence-corrected chi connectivity index (χ1v) is 10.1. The second-order valence-electron chi connectivity index (χ2n) is 6.18. The first kappa shape index (κ1) is 19.8. The number of carbonyl (C=O) groups excluding carboxylic acids is 1. The molecule has 7 heteroatoms. The predicted octanol–water partition coefficient (Wildman–Crippen LogP) is 3.05. The van der Waals surface area contributed by atoms with Gasteiger partial charge in [0, 0.05) is 6.54 Å². The third-order valence-electron chi connectivity index (χ3n) is 4.25. The summed E-state index contributed by atoms with van der Waals surface area (Å²) in [6.45, 7) is -0.481. The minimum absolute atomic E-state index is 0.0109. The Bertz CT molecular complexity index is 1020. The highest BCUT2D eigenvalue weighted by atomic mass is 32.2. The Morgan fingerprint density at radius 1 is 0.821 bits per heavy atom. The maximum absolute atomic E-state index is 13.1. The van der Waals surface area contributed by atoms with Gasteiger partial charge in [0.25, 0.3) is 5.91 Å². The summed E-state index contributed by atoms with van der Waals surface area (Å²) < 4.78 is 27.2. The lowest BCUT2D eigenvalue weighted by molar-refractivity contribution is -0.129. The average molecular weight is 396 g/mol. The van der Waals surface area contributed by atoms with E-state index in [2.05, 4.69) is 0 Å². The van der Waals surface area contributed by atoms with Gasteiger partial charge in [-0.05, 0) is 28.8 Å². The Balaban J connectivity index is 1.90. The van der Waals surface area contributed by atoms with E-state index in [9.17, 15) is 13.2 Å². The summed E-state index contributed by atoms with van der Waals surface area (Å²) in [5, 5.41) is 8.83. The molecule has 0 unspecified atom stereocenters. The van der Waals surface area contributed by atoms with E-state index in [1.165, 1.54) is 17.6 Å². The van der Waals surface area contributed by atoms with Crippen LogP contribution in [0, 0.1) is 0 Å². The molecule has 6 nitrogen and oxygen atoms in total. The van der Waals surface area contributed by atoms with Gasteiger partial charge in [-0.15, -0.1) is 0 Å². The summed E-state index contributed by atoms with van der Waals surface area (Å²) in [5.74, 6) is -0.805. The molecular formula is C21H20N2O4S. The van der Waals surface area contributed by atoms with Crippen LogP contribution in [0.4, 0.5) is 0 Å². The smallest absolute Gasteiger partial charge is 0.258 e. The number of nitrogens with zero attached hydrogens (tertiary/aromatic N) is 1. The number of hydroxylamine groups is 1. The lowest BCUT2D eigenvalue weighted by Crippen LogP contribution is -2.39. The molecule has 0 aliphatic heterocycles. The van der Waals surface area contributed by atoms with Crippen molar-refractivity contribution in [3.05, 3.63) is 90.5 Å². The fourth-order valence-corrected chi connectivity index (χ4v) is 4.19. The molecule has 144 valence electrons. The van der Waals surface area contributed by atoms with Crippen molar-refractivity contribution in [2.45, 2.75) is 11.4 Å². The molecule has 0 spiro atoms. The maximum atomic E-state index is 13.1. The van der Waals surface area contributed by atoms with Crippen molar-refractivity contribution >= 4 is 15.9 Å². The van der Waals surface area contributed by atoms with E-state index in [4.69, 9.17) is 5.21 Å². The second kappa shape index (κ2) is 8.79. The quantitative estimate of drug-likeness (QED) is 0.475. The van der Waals surface area contributed by atoms with Crippen molar-refractivity contribution in [2.75, 3.05) is 6.54 Å². The van der Waals surface area contributed by atoms with Gasteiger partial charge in [-0.3, -0.25) is 10.0 Å². The maximum Gasteiger partial charge on any atom is 0.258 e. The van der Waals surface area contributed by atoms with E-state index in [-0.39, 0.29) is 11.4 Å². The van der Waals surface area contributed by atoms with Gasteiger partial charge >= 0.3 is 0 Å². The van der Waals surface area contributed by atoms with Gasteiger partial charge in [-0.25, -0.2) is 13.9 Å². The van der Waals surface area contributed by atoms with Crippen LogP contribution in [-0.2, 0) is 21.4 Å². The van der Waals surface area contributed by atoms with Gasteiger partial charge in [0.2, 0.25) is 10.0 Å². The minimum Gasteiger partial charge on any atom is -0.289 e. The number of carbonyl (C=O) groups is 1. The van der Waals surface area contributed by atoms with Crippen LogP contribution in [0.2, 0.25) is 0 Å². The highest BCUT2D eigenvalue weighted by Gasteiger charge is 2.26. The molecular weight excluding hydrogens is 376 g/mol. The first-order valence-electron chi connectivity index (χ1n) is 8.63. The third-order valence-corrected chi connectivity index (χ3v) is 6.05. The lowest BCUT2D eigenvalue weighted by atomic mass is 10.1. The molecule has 0 aliphatic rings. The molecule has 1 amide bonds. The van der Waals surface area contributed by atoms with Crippen LogP contribution in [0.25, 0.3) is 11.1 Å². The van der Waals surface area contributed by atoms with Gasteiger partial charge in [-0.1, -0.05) is 72.8 Å². The normalized spacial score (nSPS) is 11.4. The molecule has 0 aliphatic carbocycles. The van der Waals surface area contributed by atoms with Crippen LogP contribution < -0.4 is 5.48 Å². The number of nitrogens with one attached hydrogen (secondary N) is 1. The van der Waals surface area contributed by atoms with Crippen LogP contribution in [0.1, 0.15) is 5.56 Å². The number of hydrogen-bond acceptors (Lipinski definition) is 4. The second-order valence-corrected chi connectivity index (χ2v) is 8.12. The molecule has 3 aromatic rings. The topological polar surface area (TPSA) is 86.7 Å². The Hall–Kier alpha value is -3.00. The monoisotopic (exact) mass is 396 g/mol. The molecule has 0 bridgehead atoms. The summed E-state index contributed by atoms with van der Waals surface area (Å²) in [6, 6.07) is 25.1. The summed E-state index contributed by atoms with van der Waals surface area (Å²) in [5.41, 5.74) is 4.09. The number of rotatable bonds is 7. The summed E-state index contributed by atoms with van der Waals surface area (Å²) in [6.07, 6.45) is 0. The fourth-order valence-electron chi connectivity index (χ4n) is 2.81. The zero-order valence-electron chi connectivity index (χ0n) is 15.0. The van der Waals surface area contributed by atoms with Crippen LogP contribution in [0.5, 0.6) is 0 Å². The zero-order chi connectivity index (χ0) is 20.0. The van der Waals surface area contributed by atoms with Crippen LogP contribution in [-0.4, -0.2) is 30.4 Å². The predicted molar refractivity (Wildman–Crippen MR) is 106 cm³/mol. The molecule has 28 heavy (non-hydrogen) atoms. The van der Waals surface area contributed by atoms with Gasteiger partial charge in [0.05, 0.1) is 11.4 Å². The Morgan fingerprint density at radius 3 is 1.93 bits per heavy atom. The Morgan fingerprint density at radius 2 is 1.36 bits per heavy atom. The molecule has 0 atom stereocenters. The van der Waals surface area contributed by atoms with E-state index in [1.54, 1.807) is 36.4 Å². The highest BCUT2D eigenvalue weighted by molar-refractivity contribution is 7.89. The Labute approximate surface area is 164 Å². The van der Waals surface area contributed by atoms with E-state index in [0.29, 0.717) is 0 Å². The highest BCUT2D eigenvalue weighted by Crippen LogP contribution is 2.23. The first-order chi connectivity index (χ1) is 13.5. The molecule has 0 saturated carbocycles. The van der Waals surface area contributed by atoms with E-state index < -0.39 is 22.5 Å². The van der Waals surface area contributed by atoms with Crippen molar-refractivity contribution in [2.24, 2.45) is 0 Å². The van der Waals surface area contributed by atoms with Gasteiger partial charge in [0.15, 0.2) is 0 Å². The zero-order valence-corrected chi connectivity index (χ0v) is 15.8. The number of hydrogen-bond donors (Lipinski definition) is 2. The van der Waals surface area contributed by atoms with Crippen molar-refractivity contribution in [1.29, 1.82) is 0 Å². The van der Waals surface area contributed by atoms with Gasteiger partial charge < -0.3 is 0 Å². The summed E-state index contributed by atoms with van der Waals surface area (Å²) in [7, 11) is -3.94. The van der Waals surface area contributed by atoms with Crippen LogP contribution >= 0.6 is 0 Å². The molecule has 3 aromatic carbocycles. The minimum atomic E-state index is -3.94. The number of amides is 1. The molecule has 0 radical (unpaired) electrons. The van der Waals surface area contributed by atoms with E-state index in [1.807, 2.05) is 36.4 Å². The average Bonchev–Trinajstić information content (AvgIpc) is 2.74. The molecule has 0 aromatic heterocycles. The number of benzene rings is 3. The molecule has 0 heterocycles. The SMILES string of the molecule is O=C(CN(Cc1ccccc1)S(=O)(=O)c1ccc(-c2ccccc2)cc1)NO. The molecule has 0 fully saturated rings. The molecule has 3 rings (SSSR count). The number of sulfonamides is 1. The summed E-state index contributed by atoms with van der Waals surface area (Å²) >= 11 is 0. The van der Waals surface area contributed by atoms with Crippen molar-refractivity contribution < 1.29 is 18.4 Å². The molecule has 0 saturated heterocycles. The van der Waals surface area contributed by atoms with E-state index in [0.717, 1.165) is 21.0 Å². The largest absolute Gasteiger partial charge is 0.289 e. The summed E-state index contributed by atoms with van der Waals surface area (Å²) in [4.78, 5) is 11.7. The van der Waals surface area contributed by atoms with Crippen molar-refractivity contribution in [3.63, 3.8) is 0 Å². The van der Waals surface area contributed by atoms with Crippen molar-refractivity contribution in [3.8, 4) is 11.1 Å². The van der Waals surface area contributed by atoms with Crippen LogP contribution in [0.3, 0.4) is 0 Å². The van der Waals surface area contributed by atoms with E-state index >= 15 is 0 Å². The van der Waals surface area contributed by atoms with Crippen LogP contribution in [0.15, 0.2) is 89.8 Å². The molecule has 2 N–H and O–H groups in total. The third kappa shape index (κ3) is 4.64. The van der Waals surface area contributed by atoms with Gasteiger partial charge in [-0.2, -0.15) is 4.31 Å². The standard InChI is InChI=1S/C21H20N2O4S/c24-21(22-25)16-23(15-17-7-3-1-4-8-17)28(26,27)20-13-11-19(12-14-20)18-9-5-2-6-10-18/h1-14,25H,15-16H2,(H,22,24). The fraction of sp³-hybridized carbons (Fsp3) is 0.0952. The van der Waals surface area contributed by atoms with Crippen molar-refractivity contribution in [1.82, 2.24) is 9.79 Å². The lowest BCUT2D eigenvalue weighted by Gasteiger charge is -2.21.